The second kappa shape index (κ2) is 4.20. The van der Waals surface area contributed by atoms with E-state index in [1.807, 2.05) is 19.2 Å². The number of carbonyl (C=O) groups is 1. The van der Waals surface area contributed by atoms with Gasteiger partial charge in [-0.05, 0) is 25.1 Å². The fourth-order valence-electron chi connectivity index (χ4n) is 1.95. The molecular weight excluding hydrogens is 246 g/mol. The third-order valence-corrected chi connectivity index (χ3v) is 2.97. The topological polar surface area (TPSA) is 85.3 Å². The molecule has 0 amide bonds. The van der Waals surface area contributed by atoms with Crippen molar-refractivity contribution in [2.45, 2.75) is 13.0 Å². The molecule has 0 saturated heterocycles. The number of hydrogen-bond acceptors (Lipinski definition) is 4. The molecule has 0 aliphatic carbocycles. The average molecular weight is 257 g/mol. The summed E-state index contributed by atoms with van der Waals surface area (Å²) < 4.78 is 3.42. The zero-order valence-corrected chi connectivity index (χ0v) is 10.1. The Kier molecular flexibility index (Phi) is 2.52. The summed E-state index contributed by atoms with van der Waals surface area (Å²) in [6, 6.07) is 4.83. The number of fused-ring (bicyclic) bond motifs is 1. The number of hydrogen-bond donors (Lipinski definition) is 1. The standard InChI is InChI=1S/C12H11N5O2/c1-8(17-6-2-5-13-17)11-15-14-10-4-3-9(12(18)19)7-16(10)11/h2-8H,1H3,(H,18,19). The van der Waals surface area contributed by atoms with Gasteiger partial charge in [0.2, 0.25) is 0 Å². The van der Waals surface area contributed by atoms with E-state index in [4.69, 9.17) is 5.11 Å². The summed E-state index contributed by atoms with van der Waals surface area (Å²) in [6.45, 7) is 1.93. The van der Waals surface area contributed by atoms with Crippen LogP contribution in [0.1, 0.15) is 29.1 Å². The Labute approximate surface area is 108 Å². The van der Waals surface area contributed by atoms with E-state index in [0.717, 1.165) is 0 Å². The van der Waals surface area contributed by atoms with Gasteiger partial charge >= 0.3 is 5.97 Å². The van der Waals surface area contributed by atoms with E-state index in [1.165, 1.54) is 12.3 Å². The predicted molar refractivity (Wildman–Crippen MR) is 66.0 cm³/mol. The molecule has 0 spiro atoms. The van der Waals surface area contributed by atoms with Crippen molar-refractivity contribution in [2.24, 2.45) is 0 Å². The first-order valence-electron chi connectivity index (χ1n) is 5.74. The number of rotatable bonds is 3. The van der Waals surface area contributed by atoms with Gasteiger partial charge < -0.3 is 5.11 Å². The van der Waals surface area contributed by atoms with Crippen molar-refractivity contribution < 1.29 is 9.90 Å². The Bertz CT molecular complexity index is 732. The summed E-state index contributed by atoms with van der Waals surface area (Å²) in [5.41, 5.74) is 0.806. The Morgan fingerprint density at radius 3 is 2.89 bits per heavy atom. The molecule has 3 aromatic rings. The number of nitrogens with zero attached hydrogens (tertiary/aromatic N) is 5. The van der Waals surface area contributed by atoms with Crippen LogP contribution in [0.3, 0.4) is 0 Å². The fourth-order valence-corrected chi connectivity index (χ4v) is 1.95. The van der Waals surface area contributed by atoms with Crippen molar-refractivity contribution in [3.05, 3.63) is 48.2 Å². The highest BCUT2D eigenvalue weighted by molar-refractivity contribution is 5.87. The van der Waals surface area contributed by atoms with Crippen molar-refractivity contribution in [1.82, 2.24) is 24.4 Å². The number of carboxylic acids is 1. The van der Waals surface area contributed by atoms with E-state index < -0.39 is 5.97 Å². The second-order valence-corrected chi connectivity index (χ2v) is 4.17. The molecule has 1 atom stereocenters. The Balaban J connectivity index is 2.13. The highest BCUT2D eigenvalue weighted by atomic mass is 16.4. The molecule has 7 nitrogen and oxygen atoms in total. The maximum atomic E-state index is 11.0. The first-order valence-corrected chi connectivity index (χ1v) is 5.74. The third-order valence-electron chi connectivity index (χ3n) is 2.97. The largest absolute Gasteiger partial charge is 0.478 e. The molecule has 1 unspecified atom stereocenters. The van der Waals surface area contributed by atoms with Crippen LogP contribution in [0.5, 0.6) is 0 Å². The summed E-state index contributed by atoms with van der Waals surface area (Å²) in [5, 5.41) is 21.3. The van der Waals surface area contributed by atoms with Crippen LogP contribution in [-0.4, -0.2) is 35.5 Å². The van der Waals surface area contributed by atoms with Crippen molar-refractivity contribution in [1.29, 1.82) is 0 Å². The molecule has 96 valence electrons. The van der Waals surface area contributed by atoms with Crippen LogP contribution in [0.15, 0.2) is 36.8 Å². The third kappa shape index (κ3) is 1.85. The van der Waals surface area contributed by atoms with Crippen LogP contribution >= 0.6 is 0 Å². The summed E-state index contributed by atoms with van der Waals surface area (Å²) in [7, 11) is 0. The summed E-state index contributed by atoms with van der Waals surface area (Å²) in [4.78, 5) is 11.0. The lowest BCUT2D eigenvalue weighted by Gasteiger charge is -2.10. The van der Waals surface area contributed by atoms with Crippen molar-refractivity contribution in [3.63, 3.8) is 0 Å². The minimum atomic E-state index is -0.978. The number of aromatic carboxylic acids is 1. The summed E-state index contributed by atoms with van der Waals surface area (Å²) in [6.07, 6.45) is 5.03. The van der Waals surface area contributed by atoms with Gasteiger partial charge in [-0.3, -0.25) is 9.08 Å². The molecule has 3 aromatic heterocycles. The molecule has 0 aliphatic rings. The second-order valence-electron chi connectivity index (χ2n) is 4.17. The van der Waals surface area contributed by atoms with Gasteiger partial charge in [-0.1, -0.05) is 0 Å². The lowest BCUT2D eigenvalue weighted by molar-refractivity contribution is 0.0696. The minimum absolute atomic E-state index is 0.131. The molecule has 0 fully saturated rings. The maximum absolute atomic E-state index is 11.0. The van der Waals surface area contributed by atoms with Crippen LogP contribution in [0.2, 0.25) is 0 Å². The van der Waals surface area contributed by atoms with Crippen molar-refractivity contribution in [3.8, 4) is 0 Å². The van der Waals surface area contributed by atoms with E-state index >= 15 is 0 Å². The van der Waals surface area contributed by atoms with Gasteiger partial charge in [0, 0.05) is 18.6 Å². The molecule has 0 aromatic carbocycles. The van der Waals surface area contributed by atoms with Gasteiger partial charge in [0.25, 0.3) is 0 Å². The molecule has 0 radical (unpaired) electrons. The molecule has 3 heterocycles. The van der Waals surface area contributed by atoms with Crippen molar-refractivity contribution >= 4 is 11.6 Å². The molecule has 0 saturated carbocycles. The fraction of sp³-hybridized carbons (Fsp3) is 0.167. The van der Waals surface area contributed by atoms with Gasteiger partial charge in [0.05, 0.1) is 5.56 Å². The van der Waals surface area contributed by atoms with Gasteiger partial charge in [0.15, 0.2) is 11.5 Å². The number of aromatic nitrogens is 5. The van der Waals surface area contributed by atoms with Gasteiger partial charge in [0.1, 0.15) is 6.04 Å². The van der Waals surface area contributed by atoms with Gasteiger partial charge in [-0.25, -0.2) is 4.79 Å². The molecule has 0 aliphatic heterocycles. The van der Waals surface area contributed by atoms with Crippen LogP contribution in [0, 0.1) is 0 Å². The van der Waals surface area contributed by atoms with Gasteiger partial charge in [-0.2, -0.15) is 5.10 Å². The first-order chi connectivity index (χ1) is 9.16. The zero-order valence-electron chi connectivity index (χ0n) is 10.1. The highest BCUT2D eigenvalue weighted by Crippen LogP contribution is 2.16. The monoisotopic (exact) mass is 257 g/mol. The normalized spacial score (nSPS) is 12.7. The quantitative estimate of drug-likeness (QED) is 0.762. The number of pyridine rings is 1. The van der Waals surface area contributed by atoms with Gasteiger partial charge in [-0.15, -0.1) is 10.2 Å². The lowest BCUT2D eigenvalue weighted by atomic mass is 10.2. The van der Waals surface area contributed by atoms with E-state index in [2.05, 4.69) is 15.3 Å². The Morgan fingerprint density at radius 1 is 1.37 bits per heavy atom. The maximum Gasteiger partial charge on any atom is 0.337 e. The van der Waals surface area contributed by atoms with Crippen LogP contribution in [0.4, 0.5) is 0 Å². The SMILES string of the molecule is CC(c1nnc2ccc(C(=O)O)cn12)n1cccn1. The van der Waals surface area contributed by atoms with Crippen molar-refractivity contribution in [2.75, 3.05) is 0 Å². The van der Waals surface area contributed by atoms with Crippen LogP contribution in [-0.2, 0) is 0 Å². The molecule has 3 rings (SSSR count). The zero-order chi connectivity index (χ0) is 13.4. The average Bonchev–Trinajstić information content (AvgIpc) is 3.06. The first kappa shape index (κ1) is 11.4. The highest BCUT2D eigenvalue weighted by Gasteiger charge is 2.16. The van der Waals surface area contributed by atoms with E-state index in [9.17, 15) is 4.79 Å². The summed E-state index contributed by atoms with van der Waals surface area (Å²) in [5.74, 6) is -0.338. The van der Waals surface area contributed by atoms with E-state index in [-0.39, 0.29) is 11.6 Å². The van der Waals surface area contributed by atoms with Crippen LogP contribution in [0.25, 0.3) is 5.65 Å². The summed E-state index contributed by atoms with van der Waals surface area (Å²) >= 11 is 0. The molecular formula is C12H11N5O2. The van der Waals surface area contributed by atoms with Crippen LogP contribution < -0.4 is 0 Å². The Hall–Kier alpha value is -2.70. The molecule has 0 bridgehead atoms. The molecule has 7 heteroatoms. The lowest BCUT2D eigenvalue weighted by Crippen LogP contribution is -2.11. The molecule has 1 N–H and O–H groups in total. The number of carboxylic acid groups (broad SMARTS) is 1. The minimum Gasteiger partial charge on any atom is -0.478 e. The van der Waals surface area contributed by atoms with E-state index in [1.54, 1.807) is 21.3 Å². The molecule has 19 heavy (non-hydrogen) atoms. The smallest absolute Gasteiger partial charge is 0.337 e. The Morgan fingerprint density at radius 2 is 2.21 bits per heavy atom. The van der Waals surface area contributed by atoms with E-state index in [0.29, 0.717) is 11.5 Å². The predicted octanol–water partition coefficient (Wildman–Crippen LogP) is 1.23.